The molecular formula is C11H13ClO5S. The Hall–Kier alpha value is -0.660. The lowest BCUT2D eigenvalue weighted by Crippen LogP contribution is -2.39. The highest BCUT2D eigenvalue weighted by Crippen LogP contribution is 2.39. The molecule has 5 nitrogen and oxygen atoms in total. The molecule has 100 valence electrons. The SMILES string of the molecule is CC1(C)Oc2ccc(Cl)cc2[C@H](COS(=O)O)O1. The van der Waals surface area contributed by atoms with E-state index < -0.39 is 23.3 Å². The summed E-state index contributed by atoms with van der Waals surface area (Å²) >= 11 is 3.59. The molecule has 1 aromatic carbocycles. The molecule has 2 rings (SSSR count). The van der Waals surface area contributed by atoms with Crippen LogP contribution in [0.2, 0.25) is 5.02 Å². The molecule has 1 aliphatic heterocycles. The third-order valence-electron chi connectivity index (χ3n) is 2.42. The Kier molecular flexibility index (Phi) is 3.93. The minimum Gasteiger partial charge on any atom is -0.463 e. The van der Waals surface area contributed by atoms with Gasteiger partial charge in [0, 0.05) is 24.4 Å². The molecule has 0 bridgehead atoms. The smallest absolute Gasteiger partial charge is 0.301 e. The number of fused-ring (bicyclic) bond motifs is 1. The minimum absolute atomic E-state index is 0.0523. The fourth-order valence-corrected chi connectivity index (χ4v) is 2.22. The first-order valence-electron chi connectivity index (χ1n) is 5.28. The number of rotatable bonds is 3. The van der Waals surface area contributed by atoms with Crippen molar-refractivity contribution >= 4 is 23.0 Å². The molecule has 1 heterocycles. The molecule has 2 atom stereocenters. The molecule has 0 amide bonds. The van der Waals surface area contributed by atoms with Gasteiger partial charge in [-0.2, -0.15) is 4.21 Å². The van der Waals surface area contributed by atoms with Crippen molar-refractivity contribution in [2.45, 2.75) is 25.7 Å². The van der Waals surface area contributed by atoms with Gasteiger partial charge < -0.3 is 9.47 Å². The highest BCUT2D eigenvalue weighted by Gasteiger charge is 2.34. The van der Waals surface area contributed by atoms with Crippen LogP contribution in [0.3, 0.4) is 0 Å². The first kappa shape index (κ1) is 13.8. The molecule has 18 heavy (non-hydrogen) atoms. The zero-order valence-corrected chi connectivity index (χ0v) is 11.5. The second-order valence-electron chi connectivity index (χ2n) is 4.29. The van der Waals surface area contributed by atoms with Crippen molar-refractivity contribution in [3.8, 4) is 5.75 Å². The highest BCUT2D eigenvalue weighted by molar-refractivity contribution is 7.74. The fourth-order valence-electron chi connectivity index (χ4n) is 1.80. The lowest BCUT2D eigenvalue weighted by molar-refractivity contribution is -0.212. The molecule has 0 aliphatic carbocycles. The van der Waals surface area contributed by atoms with Gasteiger partial charge in [-0.1, -0.05) is 11.6 Å². The van der Waals surface area contributed by atoms with Crippen LogP contribution in [0.1, 0.15) is 25.5 Å². The van der Waals surface area contributed by atoms with Crippen molar-refractivity contribution in [2.24, 2.45) is 0 Å². The van der Waals surface area contributed by atoms with E-state index >= 15 is 0 Å². The van der Waals surface area contributed by atoms with Gasteiger partial charge in [-0.05, 0) is 18.2 Å². The Balaban J connectivity index is 2.29. The predicted octanol–water partition coefficient (Wildman–Crippen LogP) is 2.68. The average molecular weight is 293 g/mol. The molecule has 0 radical (unpaired) electrons. The van der Waals surface area contributed by atoms with E-state index in [1.54, 1.807) is 32.0 Å². The van der Waals surface area contributed by atoms with Crippen LogP contribution < -0.4 is 4.74 Å². The predicted molar refractivity (Wildman–Crippen MR) is 66.7 cm³/mol. The van der Waals surface area contributed by atoms with E-state index in [0.717, 1.165) is 0 Å². The quantitative estimate of drug-likeness (QED) is 0.868. The van der Waals surface area contributed by atoms with Crippen molar-refractivity contribution in [1.29, 1.82) is 0 Å². The van der Waals surface area contributed by atoms with Gasteiger partial charge in [0.25, 0.3) is 0 Å². The lowest BCUT2D eigenvalue weighted by atomic mass is 10.1. The number of benzene rings is 1. The Morgan fingerprint density at radius 1 is 1.56 bits per heavy atom. The summed E-state index contributed by atoms with van der Waals surface area (Å²) < 4.78 is 35.2. The van der Waals surface area contributed by atoms with Gasteiger partial charge in [0.2, 0.25) is 5.79 Å². The van der Waals surface area contributed by atoms with Crippen molar-refractivity contribution in [2.75, 3.05) is 6.61 Å². The van der Waals surface area contributed by atoms with Gasteiger partial charge in [0.15, 0.2) is 0 Å². The van der Waals surface area contributed by atoms with E-state index in [0.29, 0.717) is 16.3 Å². The molecule has 0 fully saturated rings. The summed E-state index contributed by atoms with van der Waals surface area (Å²) in [6.45, 7) is 3.46. The minimum atomic E-state index is -2.33. The standard InChI is InChI=1S/C11H13ClO5S/c1-11(2)16-9-4-3-7(12)5-8(9)10(17-11)6-15-18(13)14/h3-5,10H,6H2,1-2H3,(H,13,14)/t10-/m0/s1. The van der Waals surface area contributed by atoms with Crippen molar-refractivity contribution in [1.82, 2.24) is 0 Å². The highest BCUT2D eigenvalue weighted by atomic mass is 35.5. The van der Waals surface area contributed by atoms with Gasteiger partial charge in [-0.15, -0.1) is 0 Å². The number of ether oxygens (including phenoxy) is 2. The average Bonchev–Trinajstić information content (AvgIpc) is 2.26. The van der Waals surface area contributed by atoms with E-state index in [-0.39, 0.29) is 6.61 Å². The molecule has 0 saturated carbocycles. The van der Waals surface area contributed by atoms with Gasteiger partial charge in [0.05, 0.1) is 6.61 Å². The maximum absolute atomic E-state index is 10.6. The summed E-state index contributed by atoms with van der Waals surface area (Å²) in [5.41, 5.74) is 0.701. The Morgan fingerprint density at radius 3 is 2.94 bits per heavy atom. The Morgan fingerprint density at radius 2 is 2.28 bits per heavy atom. The van der Waals surface area contributed by atoms with E-state index in [2.05, 4.69) is 4.18 Å². The zero-order valence-electron chi connectivity index (χ0n) is 9.88. The summed E-state index contributed by atoms with van der Waals surface area (Å²) in [6, 6.07) is 5.15. The fraction of sp³-hybridized carbons (Fsp3) is 0.455. The van der Waals surface area contributed by atoms with Crippen molar-refractivity contribution in [3.05, 3.63) is 28.8 Å². The summed E-state index contributed by atoms with van der Waals surface area (Å²) in [6.07, 6.45) is -0.501. The maximum atomic E-state index is 10.6. The van der Waals surface area contributed by atoms with Crippen molar-refractivity contribution in [3.63, 3.8) is 0 Å². The number of hydrogen-bond donors (Lipinski definition) is 1. The van der Waals surface area contributed by atoms with Gasteiger partial charge >= 0.3 is 11.4 Å². The van der Waals surface area contributed by atoms with Crippen LogP contribution in [-0.4, -0.2) is 21.2 Å². The van der Waals surface area contributed by atoms with Crippen molar-refractivity contribution < 1.29 is 22.4 Å². The monoisotopic (exact) mass is 292 g/mol. The number of halogens is 1. The normalized spacial score (nSPS) is 23.0. The summed E-state index contributed by atoms with van der Waals surface area (Å²) in [7, 11) is 0. The van der Waals surface area contributed by atoms with Gasteiger partial charge in [-0.25, -0.2) is 0 Å². The number of hydrogen-bond acceptors (Lipinski definition) is 4. The second-order valence-corrected chi connectivity index (χ2v) is 5.40. The molecular weight excluding hydrogens is 280 g/mol. The van der Waals surface area contributed by atoms with Crippen LogP contribution in [0.4, 0.5) is 0 Å². The van der Waals surface area contributed by atoms with Crippen LogP contribution in [0.15, 0.2) is 18.2 Å². The van der Waals surface area contributed by atoms with Crippen LogP contribution in [0.5, 0.6) is 5.75 Å². The Bertz CT molecular complexity index is 477. The maximum Gasteiger partial charge on any atom is 0.301 e. The van der Waals surface area contributed by atoms with E-state index in [1.165, 1.54) is 0 Å². The Labute approximate surface area is 112 Å². The molecule has 1 aliphatic rings. The third-order valence-corrected chi connectivity index (χ3v) is 2.99. The van der Waals surface area contributed by atoms with Gasteiger partial charge in [0.1, 0.15) is 11.9 Å². The molecule has 1 N–H and O–H groups in total. The molecule has 0 spiro atoms. The molecule has 1 aromatic rings. The summed E-state index contributed by atoms with van der Waals surface area (Å²) in [5, 5.41) is 0.538. The zero-order chi connectivity index (χ0) is 13.3. The van der Waals surface area contributed by atoms with E-state index in [1.807, 2.05) is 0 Å². The largest absolute Gasteiger partial charge is 0.463 e. The lowest BCUT2D eigenvalue weighted by Gasteiger charge is -2.37. The van der Waals surface area contributed by atoms with E-state index in [4.69, 9.17) is 25.6 Å². The molecule has 0 saturated heterocycles. The van der Waals surface area contributed by atoms with E-state index in [9.17, 15) is 4.21 Å². The van der Waals surface area contributed by atoms with Gasteiger partial charge in [-0.3, -0.25) is 8.74 Å². The summed E-state index contributed by atoms with van der Waals surface area (Å²) in [5.74, 6) is -0.195. The summed E-state index contributed by atoms with van der Waals surface area (Å²) in [4.78, 5) is 0. The third kappa shape index (κ3) is 3.21. The van der Waals surface area contributed by atoms with Crippen LogP contribution in [0.25, 0.3) is 0 Å². The second kappa shape index (κ2) is 5.14. The first-order valence-corrected chi connectivity index (χ1v) is 6.69. The van der Waals surface area contributed by atoms with Crippen LogP contribution >= 0.6 is 11.6 Å². The first-order chi connectivity index (χ1) is 8.37. The molecule has 1 unspecified atom stereocenters. The van der Waals surface area contributed by atoms with Crippen LogP contribution in [-0.2, 0) is 20.3 Å². The molecule has 0 aromatic heterocycles. The van der Waals surface area contributed by atoms with Crippen LogP contribution in [0, 0.1) is 0 Å². The topological polar surface area (TPSA) is 65.0 Å². The molecule has 7 heteroatoms.